The molecule has 0 aliphatic rings. The van der Waals surface area contributed by atoms with Gasteiger partial charge in [-0.1, -0.05) is 19.1 Å². The molecular weight excluding hydrogens is 198 g/mol. The van der Waals surface area contributed by atoms with E-state index in [2.05, 4.69) is 36.9 Å². The third kappa shape index (κ3) is 3.74. The summed E-state index contributed by atoms with van der Waals surface area (Å²) in [6, 6.07) is 8.09. The molecule has 3 heteroatoms. The van der Waals surface area contributed by atoms with E-state index in [4.69, 9.17) is 5.73 Å². The number of para-hydroxylation sites is 2. The third-order valence-electron chi connectivity index (χ3n) is 2.59. The molecule has 0 aromatic heterocycles. The maximum Gasteiger partial charge on any atom is 0.0600 e. The average Bonchev–Trinajstić information content (AvgIpc) is 2.25. The lowest BCUT2D eigenvalue weighted by Gasteiger charge is -2.27. The second-order valence-electron chi connectivity index (χ2n) is 4.35. The van der Waals surface area contributed by atoms with Gasteiger partial charge < -0.3 is 15.5 Å². The first kappa shape index (κ1) is 12.8. The summed E-state index contributed by atoms with van der Waals surface area (Å²) in [5, 5.41) is 0. The smallest absolute Gasteiger partial charge is 0.0600 e. The van der Waals surface area contributed by atoms with Crippen LogP contribution >= 0.6 is 0 Å². The minimum absolute atomic E-state index is 0.870. The van der Waals surface area contributed by atoms with Crippen LogP contribution < -0.4 is 10.6 Å². The Morgan fingerprint density at radius 3 is 2.31 bits per heavy atom. The van der Waals surface area contributed by atoms with Gasteiger partial charge in [-0.2, -0.15) is 0 Å². The molecular formula is C13H23N3. The number of nitrogens with zero attached hydrogens (tertiary/aromatic N) is 2. The first-order valence-electron chi connectivity index (χ1n) is 5.89. The average molecular weight is 221 g/mol. The molecule has 1 aromatic carbocycles. The van der Waals surface area contributed by atoms with Gasteiger partial charge in [-0.05, 0) is 32.6 Å². The number of likely N-dealkylation sites (N-methyl/N-ethyl adjacent to an activating group) is 1. The van der Waals surface area contributed by atoms with Crippen molar-refractivity contribution in [3.8, 4) is 0 Å². The molecule has 0 atom stereocenters. The molecule has 0 fully saturated rings. The van der Waals surface area contributed by atoms with E-state index in [1.165, 1.54) is 0 Å². The van der Waals surface area contributed by atoms with Crippen molar-refractivity contribution in [3.05, 3.63) is 24.3 Å². The van der Waals surface area contributed by atoms with Crippen LogP contribution in [-0.4, -0.2) is 38.6 Å². The molecule has 0 radical (unpaired) electrons. The zero-order valence-electron chi connectivity index (χ0n) is 10.6. The Bertz CT molecular complexity index is 310. The second-order valence-corrected chi connectivity index (χ2v) is 4.35. The summed E-state index contributed by atoms with van der Waals surface area (Å²) in [4.78, 5) is 4.55. The number of rotatable bonds is 6. The van der Waals surface area contributed by atoms with E-state index in [1.54, 1.807) is 0 Å². The number of nitrogens with two attached hydrogens (primary N) is 1. The summed E-state index contributed by atoms with van der Waals surface area (Å²) in [5.41, 5.74) is 8.03. The van der Waals surface area contributed by atoms with Crippen molar-refractivity contribution in [1.29, 1.82) is 0 Å². The van der Waals surface area contributed by atoms with Crippen LogP contribution in [0, 0.1) is 0 Å². The number of anilines is 2. The van der Waals surface area contributed by atoms with Crippen molar-refractivity contribution in [1.82, 2.24) is 4.90 Å². The first-order chi connectivity index (χ1) is 7.65. The van der Waals surface area contributed by atoms with E-state index in [1.807, 2.05) is 18.2 Å². The molecule has 16 heavy (non-hydrogen) atoms. The quantitative estimate of drug-likeness (QED) is 0.746. The zero-order valence-corrected chi connectivity index (χ0v) is 10.6. The maximum atomic E-state index is 6.00. The Labute approximate surface area is 98.8 Å². The summed E-state index contributed by atoms with van der Waals surface area (Å²) >= 11 is 0. The Balaban J connectivity index is 2.73. The van der Waals surface area contributed by atoms with Crippen LogP contribution in [0.2, 0.25) is 0 Å². The van der Waals surface area contributed by atoms with E-state index in [0.29, 0.717) is 0 Å². The summed E-state index contributed by atoms with van der Waals surface area (Å²) < 4.78 is 0. The Hall–Kier alpha value is -1.22. The highest BCUT2D eigenvalue weighted by Gasteiger charge is 2.08. The van der Waals surface area contributed by atoms with Crippen molar-refractivity contribution in [2.45, 2.75) is 13.3 Å². The van der Waals surface area contributed by atoms with E-state index in [9.17, 15) is 0 Å². The molecule has 1 aromatic rings. The fraction of sp³-hybridized carbons (Fsp3) is 0.538. The lowest BCUT2D eigenvalue weighted by Crippen LogP contribution is -2.32. The first-order valence-corrected chi connectivity index (χ1v) is 5.89. The van der Waals surface area contributed by atoms with Gasteiger partial charge in [0.2, 0.25) is 0 Å². The largest absolute Gasteiger partial charge is 0.397 e. The minimum atomic E-state index is 0.870. The highest BCUT2D eigenvalue weighted by atomic mass is 15.2. The van der Waals surface area contributed by atoms with Crippen molar-refractivity contribution < 1.29 is 0 Å². The molecule has 0 bridgehead atoms. The SMILES string of the molecule is CCCN(CCN(C)C)c1ccccc1N. The van der Waals surface area contributed by atoms with E-state index in [-0.39, 0.29) is 0 Å². The topological polar surface area (TPSA) is 32.5 Å². The van der Waals surface area contributed by atoms with E-state index >= 15 is 0 Å². The Morgan fingerprint density at radius 2 is 1.75 bits per heavy atom. The predicted octanol–water partition coefficient (Wildman–Crippen LogP) is 2.05. The standard InChI is InChI=1S/C13H23N3/c1-4-9-16(11-10-15(2)3)13-8-6-5-7-12(13)14/h5-8H,4,9-11,14H2,1-3H3. The lowest BCUT2D eigenvalue weighted by atomic mass is 10.2. The Kier molecular flexibility index (Phi) is 5.12. The minimum Gasteiger partial charge on any atom is -0.397 e. The molecule has 3 nitrogen and oxygen atoms in total. The van der Waals surface area contributed by atoms with Crippen LogP contribution in [0.25, 0.3) is 0 Å². The van der Waals surface area contributed by atoms with Crippen molar-refractivity contribution in [2.75, 3.05) is 44.4 Å². The molecule has 0 saturated carbocycles. The molecule has 1 rings (SSSR count). The summed E-state index contributed by atoms with van der Waals surface area (Å²) in [5.74, 6) is 0. The van der Waals surface area contributed by atoms with Crippen LogP contribution in [-0.2, 0) is 0 Å². The number of nitrogen functional groups attached to an aromatic ring is 1. The number of benzene rings is 1. The highest BCUT2D eigenvalue weighted by Crippen LogP contribution is 2.22. The fourth-order valence-corrected chi connectivity index (χ4v) is 1.72. The Morgan fingerprint density at radius 1 is 1.06 bits per heavy atom. The zero-order chi connectivity index (χ0) is 12.0. The van der Waals surface area contributed by atoms with Gasteiger partial charge in [-0.25, -0.2) is 0 Å². The molecule has 0 amide bonds. The van der Waals surface area contributed by atoms with Crippen LogP contribution in [0.5, 0.6) is 0 Å². The molecule has 0 spiro atoms. The van der Waals surface area contributed by atoms with E-state index < -0.39 is 0 Å². The molecule has 0 saturated heterocycles. The summed E-state index contributed by atoms with van der Waals surface area (Å²) in [6.45, 7) is 5.33. The lowest BCUT2D eigenvalue weighted by molar-refractivity contribution is 0.413. The van der Waals surface area contributed by atoms with Gasteiger partial charge in [0.15, 0.2) is 0 Å². The van der Waals surface area contributed by atoms with Crippen molar-refractivity contribution in [3.63, 3.8) is 0 Å². The molecule has 0 unspecified atom stereocenters. The summed E-state index contributed by atoms with van der Waals surface area (Å²) in [6.07, 6.45) is 1.14. The fourth-order valence-electron chi connectivity index (χ4n) is 1.72. The van der Waals surface area contributed by atoms with Gasteiger partial charge in [0, 0.05) is 19.6 Å². The van der Waals surface area contributed by atoms with Gasteiger partial charge in [-0.3, -0.25) is 0 Å². The molecule has 90 valence electrons. The molecule has 0 aliphatic carbocycles. The highest BCUT2D eigenvalue weighted by molar-refractivity contribution is 5.67. The van der Waals surface area contributed by atoms with Crippen LogP contribution in [0.15, 0.2) is 24.3 Å². The molecule has 0 aliphatic heterocycles. The maximum absolute atomic E-state index is 6.00. The monoisotopic (exact) mass is 221 g/mol. The second kappa shape index (κ2) is 6.38. The summed E-state index contributed by atoms with van der Waals surface area (Å²) in [7, 11) is 4.19. The van der Waals surface area contributed by atoms with Crippen molar-refractivity contribution >= 4 is 11.4 Å². The van der Waals surface area contributed by atoms with Gasteiger partial charge in [0.05, 0.1) is 11.4 Å². The van der Waals surface area contributed by atoms with Gasteiger partial charge in [0.1, 0.15) is 0 Å². The van der Waals surface area contributed by atoms with Gasteiger partial charge >= 0.3 is 0 Å². The third-order valence-corrected chi connectivity index (χ3v) is 2.59. The van der Waals surface area contributed by atoms with Crippen LogP contribution in [0.1, 0.15) is 13.3 Å². The number of hydrogen-bond donors (Lipinski definition) is 1. The van der Waals surface area contributed by atoms with Crippen LogP contribution in [0.4, 0.5) is 11.4 Å². The predicted molar refractivity (Wildman–Crippen MR) is 71.9 cm³/mol. The van der Waals surface area contributed by atoms with Crippen molar-refractivity contribution in [2.24, 2.45) is 0 Å². The van der Waals surface area contributed by atoms with Gasteiger partial charge in [-0.15, -0.1) is 0 Å². The molecule has 2 N–H and O–H groups in total. The van der Waals surface area contributed by atoms with Gasteiger partial charge in [0.25, 0.3) is 0 Å². The number of hydrogen-bond acceptors (Lipinski definition) is 3. The normalized spacial score (nSPS) is 10.8. The molecule has 0 heterocycles. The van der Waals surface area contributed by atoms with E-state index in [0.717, 1.165) is 37.4 Å². The van der Waals surface area contributed by atoms with Crippen LogP contribution in [0.3, 0.4) is 0 Å².